The van der Waals surface area contributed by atoms with Crippen molar-refractivity contribution in [2.75, 3.05) is 17.7 Å². The molecule has 1 unspecified atom stereocenters. The van der Waals surface area contributed by atoms with Gasteiger partial charge in [-0.05, 0) is 51.1 Å². The first kappa shape index (κ1) is 15.0. The van der Waals surface area contributed by atoms with Crippen LogP contribution in [0.25, 0.3) is 0 Å². The van der Waals surface area contributed by atoms with Crippen LogP contribution in [-0.4, -0.2) is 12.6 Å². The molecule has 0 aliphatic carbocycles. The van der Waals surface area contributed by atoms with Gasteiger partial charge in [-0.3, -0.25) is 0 Å². The van der Waals surface area contributed by atoms with E-state index in [0.29, 0.717) is 23.5 Å². The fourth-order valence-electron chi connectivity index (χ4n) is 2.01. The molecule has 5 heteroatoms. The van der Waals surface area contributed by atoms with Gasteiger partial charge in [-0.15, -0.1) is 0 Å². The van der Waals surface area contributed by atoms with Gasteiger partial charge in [0, 0.05) is 0 Å². The number of hydrogen-bond acceptors (Lipinski definition) is 5. The van der Waals surface area contributed by atoms with Crippen molar-refractivity contribution in [2.24, 2.45) is 0 Å². The zero-order valence-electron chi connectivity index (χ0n) is 12.5. The third kappa shape index (κ3) is 3.56. The molecule has 5 nitrogen and oxygen atoms in total. The third-order valence-electron chi connectivity index (χ3n) is 3.12. The molecule has 1 aromatic carbocycles. The molecule has 0 bridgehead atoms. The maximum absolute atomic E-state index is 11.8. The average Bonchev–Trinajstić information content (AvgIpc) is 2.88. The van der Waals surface area contributed by atoms with Crippen LogP contribution >= 0.6 is 0 Å². The minimum absolute atomic E-state index is 0.0570. The first-order chi connectivity index (χ1) is 10.0. The van der Waals surface area contributed by atoms with Crippen LogP contribution in [-0.2, 0) is 4.74 Å². The highest BCUT2D eigenvalue weighted by Crippen LogP contribution is 2.26. The molecule has 2 aromatic rings. The monoisotopic (exact) mass is 288 g/mol. The molecule has 0 saturated heterocycles. The van der Waals surface area contributed by atoms with Crippen LogP contribution in [0, 0.1) is 6.92 Å². The summed E-state index contributed by atoms with van der Waals surface area (Å²) >= 11 is 0. The Labute approximate surface area is 124 Å². The van der Waals surface area contributed by atoms with Gasteiger partial charge in [-0.1, -0.05) is 0 Å². The van der Waals surface area contributed by atoms with Crippen molar-refractivity contribution in [2.45, 2.75) is 26.8 Å². The highest BCUT2D eigenvalue weighted by molar-refractivity contribution is 5.92. The Bertz CT molecular complexity index is 634. The van der Waals surface area contributed by atoms with Gasteiger partial charge in [0.25, 0.3) is 0 Å². The second-order valence-corrected chi connectivity index (χ2v) is 4.84. The summed E-state index contributed by atoms with van der Waals surface area (Å²) in [5.74, 6) is 1.31. The second-order valence-electron chi connectivity index (χ2n) is 4.84. The van der Waals surface area contributed by atoms with Crippen LogP contribution < -0.4 is 11.1 Å². The van der Waals surface area contributed by atoms with Crippen molar-refractivity contribution in [3.05, 3.63) is 47.4 Å². The highest BCUT2D eigenvalue weighted by Gasteiger charge is 2.13. The normalized spacial score (nSPS) is 12.0. The number of esters is 1. The Balaban J connectivity index is 2.19. The van der Waals surface area contributed by atoms with E-state index in [1.54, 1.807) is 25.1 Å². The largest absolute Gasteiger partial charge is 0.464 e. The molecule has 21 heavy (non-hydrogen) atoms. The van der Waals surface area contributed by atoms with Crippen molar-refractivity contribution in [3.63, 3.8) is 0 Å². The lowest BCUT2D eigenvalue weighted by Crippen LogP contribution is -2.10. The molecule has 1 atom stereocenters. The van der Waals surface area contributed by atoms with E-state index < -0.39 is 0 Å². The number of carbonyl (C=O) groups excluding carboxylic acids is 1. The topological polar surface area (TPSA) is 77.5 Å². The van der Waals surface area contributed by atoms with Crippen molar-refractivity contribution < 1.29 is 13.9 Å². The summed E-state index contributed by atoms with van der Waals surface area (Å²) in [4.78, 5) is 11.8. The van der Waals surface area contributed by atoms with Crippen molar-refractivity contribution in [1.29, 1.82) is 0 Å². The van der Waals surface area contributed by atoms with E-state index in [4.69, 9.17) is 14.9 Å². The van der Waals surface area contributed by atoms with E-state index in [-0.39, 0.29) is 12.0 Å². The van der Waals surface area contributed by atoms with E-state index >= 15 is 0 Å². The Kier molecular flexibility index (Phi) is 4.52. The summed E-state index contributed by atoms with van der Waals surface area (Å²) in [6.07, 6.45) is 0. The minimum atomic E-state index is -0.359. The van der Waals surface area contributed by atoms with Crippen LogP contribution in [0.3, 0.4) is 0 Å². The SMILES string of the molecule is CCOC(=O)c1ccc(N)c(NC(C)c2ccc(C)o2)c1. The fraction of sp³-hybridized carbons (Fsp3) is 0.312. The van der Waals surface area contributed by atoms with Gasteiger partial charge >= 0.3 is 5.97 Å². The van der Waals surface area contributed by atoms with Gasteiger partial charge in [-0.25, -0.2) is 4.79 Å². The van der Waals surface area contributed by atoms with Gasteiger partial charge < -0.3 is 20.2 Å². The number of benzene rings is 1. The molecule has 0 spiro atoms. The van der Waals surface area contributed by atoms with E-state index in [9.17, 15) is 4.79 Å². The Morgan fingerprint density at radius 2 is 2.14 bits per heavy atom. The average molecular weight is 288 g/mol. The van der Waals surface area contributed by atoms with E-state index in [0.717, 1.165) is 11.5 Å². The maximum Gasteiger partial charge on any atom is 0.338 e. The van der Waals surface area contributed by atoms with Crippen molar-refractivity contribution in [1.82, 2.24) is 0 Å². The molecule has 3 N–H and O–H groups in total. The number of hydrogen-bond donors (Lipinski definition) is 2. The van der Waals surface area contributed by atoms with Crippen LogP contribution in [0.15, 0.2) is 34.7 Å². The molecule has 2 rings (SSSR count). The number of carbonyl (C=O) groups is 1. The van der Waals surface area contributed by atoms with Crippen molar-refractivity contribution >= 4 is 17.3 Å². The van der Waals surface area contributed by atoms with Gasteiger partial charge in [0.2, 0.25) is 0 Å². The number of ether oxygens (including phenoxy) is 1. The molecule has 0 aliphatic rings. The van der Waals surface area contributed by atoms with Gasteiger partial charge in [-0.2, -0.15) is 0 Å². The number of nitrogens with two attached hydrogens (primary N) is 1. The van der Waals surface area contributed by atoms with Gasteiger partial charge in [0.15, 0.2) is 0 Å². The highest BCUT2D eigenvalue weighted by atomic mass is 16.5. The maximum atomic E-state index is 11.8. The van der Waals surface area contributed by atoms with Crippen LogP contribution in [0.2, 0.25) is 0 Å². The molecule has 112 valence electrons. The van der Waals surface area contributed by atoms with E-state index in [1.807, 2.05) is 26.0 Å². The number of furan rings is 1. The Morgan fingerprint density at radius 3 is 2.76 bits per heavy atom. The predicted molar refractivity (Wildman–Crippen MR) is 82.3 cm³/mol. The zero-order valence-corrected chi connectivity index (χ0v) is 12.5. The molecular weight excluding hydrogens is 268 g/mol. The lowest BCUT2D eigenvalue weighted by Gasteiger charge is -2.15. The summed E-state index contributed by atoms with van der Waals surface area (Å²) in [5.41, 5.74) is 7.67. The van der Waals surface area contributed by atoms with Crippen LogP contribution in [0.1, 0.15) is 41.8 Å². The Hall–Kier alpha value is -2.43. The number of nitrogen functional groups attached to an aromatic ring is 1. The number of nitrogens with one attached hydrogen (secondary N) is 1. The summed E-state index contributed by atoms with van der Waals surface area (Å²) in [6.45, 7) is 5.98. The molecule has 0 saturated carbocycles. The lowest BCUT2D eigenvalue weighted by atomic mass is 10.1. The number of anilines is 2. The van der Waals surface area contributed by atoms with Crippen molar-refractivity contribution in [3.8, 4) is 0 Å². The summed E-state index contributed by atoms with van der Waals surface area (Å²) in [7, 11) is 0. The molecule has 0 aliphatic heterocycles. The molecule has 1 aromatic heterocycles. The van der Waals surface area contributed by atoms with E-state index in [1.165, 1.54) is 0 Å². The first-order valence-corrected chi connectivity index (χ1v) is 6.90. The smallest absolute Gasteiger partial charge is 0.338 e. The third-order valence-corrected chi connectivity index (χ3v) is 3.12. The Morgan fingerprint density at radius 1 is 1.38 bits per heavy atom. The van der Waals surface area contributed by atoms with Gasteiger partial charge in [0.05, 0.1) is 29.6 Å². The molecule has 0 amide bonds. The summed E-state index contributed by atoms with van der Waals surface area (Å²) < 4.78 is 10.6. The number of aryl methyl sites for hydroxylation is 1. The van der Waals surface area contributed by atoms with Crippen LogP contribution in [0.5, 0.6) is 0 Å². The predicted octanol–water partition coefficient (Wildman–Crippen LogP) is 3.52. The second kappa shape index (κ2) is 6.35. The first-order valence-electron chi connectivity index (χ1n) is 6.90. The molecule has 1 heterocycles. The molecule has 0 radical (unpaired) electrons. The standard InChI is InChI=1S/C16H20N2O3/c1-4-20-16(19)12-6-7-13(17)14(9-12)18-11(3)15-8-5-10(2)21-15/h5-9,11,18H,4,17H2,1-3H3. The summed E-state index contributed by atoms with van der Waals surface area (Å²) in [5, 5.41) is 3.25. The molecular formula is C16H20N2O3. The van der Waals surface area contributed by atoms with Gasteiger partial charge in [0.1, 0.15) is 11.5 Å². The quantitative estimate of drug-likeness (QED) is 0.650. The lowest BCUT2D eigenvalue weighted by molar-refractivity contribution is 0.0526. The van der Waals surface area contributed by atoms with E-state index in [2.05, 4.69) is 5.32 Å². The zero-order chi connectivity index (χ0) is 15.4. The number of rotatable bonds is 5. The summed E-state index contributed by atoms with van der Waals surface area (Å²) in [6, 6.07) is 8.80. The minimum Gasteiger partial charge on any atom is -0.464 e. The van der Waals surface area contributed by atoms with Crippen LogP contribution in [0.4, 0.5) is 11.4 Å². The fourth-order valence-corrected chi connectivity index (χ4v) is 2.01. The molecule has 0 fully saturated rings.